The minimum Gasteiger partial charge on any atom is -0.341 e. The van der Waals surface area contributed by atoms with Crippen LogP contribution in [0.1, 0.15) is 45.9 Å². The van der Waals surface area contributed by atoms with Crippen molar-refractivity contribution in [2.24, 2.45) is 11.8 Å². The van der Waals surface area contributed by atoms with Gasteiger partial charge in [-0.3, -0.25) is 4.79 Å². The number of benzene rings is 1. The molecule has 7 nitrogen and oxygen atoms in total. The Balaban J connectivity index is 1.77. The van der Waals surface area contributed by atoms with Crippen LogP contribution in [0.5, 0.6) is 0 Å². The quantitative estimate of drug-likeness (QED) is 0.699. The van der Waals surface area contributed by atoms with Gasteiger partial charge in [-0.1, -0.05) is 39.8 Å². The Bertz CT molecular complexity index is 1090. The van der Waals surface area contributed by atoms with Crippen LogP contribution in [0.4, 0.5) is 0 Å². The minimum atomic E-state index is -0.302. The zero-order valence-corrected chi connectivity index (χ0v) is 16.9. The van der Waals surface area contributed by atoms with Gasteiger partial charge in [0.15, 0.2) is 5.65 Å². The van der Waals surface area contributed by atoms with E-state index in [2.05, 4.69) is 23.9 Å². The van der Waals surface area contributed by atoms with E-state index in [4.69, 9.17) is 0 Å². The van der Waals surface area contributed by atoms with Gasteiger partial charge in [-0.05, 0) is 30.4 Å². The smallest absolute Gasteiger partial charge is 0.341 e. The molecule has 4 rings (SSSR count). The van der Waals surface area contributed by atoms with Crippen LogP contribution in [0.3, 0.4) is 0 Å². The van der Waals surface area contributed by atoms with E-state index in [1.54, 1.807) is 4.40 Å². The number of carbonyl (C=O) groups is 1. The van der Waals surface area contributed by atoms with Gasteiger partial charge in [0.1, 0.15) is 12.4 Å². The van der Waals surface area contributed by atoms with Gasteiger partial charge in [0.2, 0.25) is 5.91 Å². The normalized spacial score (nSPS) is 20.4. The molecule has 0 aliphatic carbocycles. The topological polar surface area (TPSA) is 72.5 Å². The molecule has 148 valence electrons. The van der Waals surface area contributed by atoms with Crippen LogP contribution in [-0.4, -0.2) is 43.1 Å². The summed E-state index contributed by atoms with van der Waals surface area (Å²) in [5.41, 5.74) is 1.07. The third kappa shape index (κ3) is 3.19. The Hall–Kier alpha value is -2.70. The summed E-state index contributed by atoms with van der Waals surface area (Å²) in [6.07, 6.45) is 1.13. The Morgan fingerprint density at radius 3 is 2.54 bits per heavy atom. The summed E-state index contributed by atoms with van der Waals surface area (Å²) >= 11 is 0. The van der Waals surface area contributed by atoms with Gasteiger partial charge in [-0.15, -0.1) is 5.10 Å². The SMILES string of the molecule is CC(C)c1nc2ccccc2c2nn(CC(=O)N3C[C@@H](C)C[C@H](C)C3)c(=O)n12. The molecule has 3 heterocycles. The van der Waals surface area contributed by atoms with E-state index in [0.717, 1.165) is 30.4 Å². The number of nitrogens with zero attached hydrogens (tertiary/aromatic N) is 5. The third-order valence-electron chi connectivity index (χ3n) is 5.47. The van der Waals surface area contributed by atoms with Crippen LogP contribution < -0.4 is 5.69 Å². The van der Waals surface area contributed by atoms with Gasteiger partial charge in [0.05, 0.1) is 5.52 Å². The predicted molar refractivity (Wildman–Crippen MR) is 108 cm³/mol. The fraction of sp³-hybridized carbons (Fsp3) is 0.524. The summed E-state index contributed by atoms with van der Waals surface area (Å²) < 4.78 is 2.85. The van der Waals surface area contributed by atoms with Gasteiger partial charge < -0.3 is 4.90 Å². The molecular weight excluding hydrogens is 354 g/mol. The number of hydrogen-bond donors (Lipinski definition) is 0. The lowest BCUT2D eigenvalue weighted by Gasteiger charge is -2.34. The fourth-order valence-corrected chi connectivity index (χ4v) is 4.31. The lowest BCUT2D eigenvalue weighted by atomic mass is 9.92. The summed E-state index contributed by atoms with van der Waals surface area (Å²) in [7, 11) is 0. The van der Waals surface area contributed by atoms with Crippen molar-refractivity contribution in [2.45, 2.75) is 46.6 Å². The molecule has 1 aliphatic heterocycles. The maximum absolute atomic E-state index is 13.1. The zero-order valence-electron chi connectivity index (χ0n) is 16.9. The van der Waals surface area contributed by atoms with Crippen molar-refractivity contribution in [1.82, 2.24) is 24.1 Å². The number of rotatable bonds is 3. The monoisotopic (exact) mass is 381 g/mol. The maximum Gasteiger partial charge on any atom is 0.352 e. The highest BCUT2D eigenvalue weighted by atomic mass is 16.2. The molecule has 28 heavy (non-hydrogen) atoms. The van der Waals surface area contributed by atoms with Gasteiger partial charge in [0.25, 0.3) is 0 Å². The Morgan fingerprint density at radius 2 is 1.86 bits per heavy atom. The number of fused-ring (bicyclic) bond motifs is 3. The van der Waals surface area contributed by atoms with E-state index in [1.165, 1.54) is 4.68 Å². The van der Waals surface area contributed by atoms with E-state index in [9.17, 15) is 9.59 Å². The van der Waals surface area contributed by atoms with Gasteiger partial charge >= 0.3 is 5.69 Å². The molecule has 1 fully saturated rings. The number of piperidine rings is 1. The first-order valence-electron chi connectivity index (χ1n) is 10.0. The fourth-order valence-electron chi connectivity index (χ4n) is 4.31. The van der Waals surface area contributed by atoms with E-state index in [1.807, 2.05) is 43.0 Å². The van der Waals surface area contributed by atoms with Gasteiger partial charge in [-0.2, -0.15) is 0 Å². The number of hydrogen-bond acceptors (Lipinski definition) is 4. The van der Waals surface area contributed by atoms with E-state index >= 15 is 0 Å². The van der Waals surface area contributed by atoms with Crippen LogP contribution in [0.2, 0.25) is 0 Å². The molecule has 0 N–H and O–H groups in total. The summed E-state index contributed by atoms with van der Waals surface area (Å²) in [5, 5.41) is 5.35. The van der Waals surface area contributed by atoms with Crippen molar-refractivity contribution in [1.29, 1.82) is 0 Å². The first kappa shape index (κ1) is 18.7. The molecule has 1 aromatic carbocycles. The van der Waals surface area contributed by atoms with Crippen molar-refractivity contribution < 1.29 is 4.79 Å². The number of carbonyl (C=O) groups excluding carboxylic acids is 1. The number of aromatic nitrogens is 4. The zero-order chi connectivity index (χ0) is 20.0. The Morgan fingerprint density at radius 1 is 1.18 bits per heavy atom. The second-order valence-corrected chi connectivity index (χ2v) is 8.49. The summed E-state index contributed by atoms with van der Waals surface area (Å²) in [6, 6.07) is 7.66. The standard InChI is InChI=1S/C21H27N5O2/c1-13(2)19-22-17-8-6-5-7-16(17)20-23-25(21(28)26(19)20)12-18(27)24-10-14(3)9-15(4)11-24/h5-8,13-15H,9-12H2,1-4H3/t14-,15-/m0/s1. The summed E-state index contributed by atoms with van der Waals surface area (Å²) in [4.78, 5) is 32.5. The number of amides is 1. The molecule has 1 aliphatic rings. The molecule has 3 aromatic rings. The maximum atomic E-state index is 13.1. The molecule has 1 amide bonds. The molecule has 2 atom stereocenters. The highest BCUT2D eigenvalue weighted by molar-refractivity contribution is 5.91. The van der Waals surface area contributed by atoms with Crippen molar-refractivity contribution >= 4 is 22.5 Å². The number of para-hydroxylation sites is 1. The molecule has 0 spiro atoms. The average molecular weight is 381 g/mol. The van der Waals surface area contributed by atoms with Gasteiger partial charge in [-0.25, -0.2) is 18.9 Å². The molecule has 7 heteroatoms. The number of likely N-dealkylation sites (tertiary alicyclic amines) is 1. The molecule has 1 saturated heterocycles. The van der Waals surface area contributed by atoms with Gasteiger partial charge in [0, 0.05) is 24.4 Å². The molecule has 2 aromatic heterocycles. The second-order valence-electron chi connectivity index (χ2n) is 8.49. The average Bonchev–Trinajstić information content (AvgIpc) is 2.97. The van der Waals surface area contributed by atoms with E-state index < -0.39 is 0 Å². The van der Waals surface area contributed by atoms with Crippen molar-refractivity contribution in [3.63, 3.8) is 0 Å². The Labute approximate surface area is 164 Å². The van der Waals surface area contributed by atoms with Crippen LogP contribution in [0.25, 0.3) is 16.6 Å². The highest BCUT2D eigenvalue weighted by Crippen LogP contribution is 2.22. The molecule has 0 unspecified atom stereocenters. The largest absolute Gasteiger partial charge is 0.352 e. The van der Waals surface area contributed by atoms with Crippen molar-refractivity contribution in [3.05, 3.63) is 40.6 Å². The lowest BCUT2D eigenvalue weighted by Crippen LogP contribution is -2.45. The molecule has 0 radical (unpaired) electrons. The molecular formula is C21H27N5O2. The summed E-state index contributed by atoms with van der Waals surface area (Å²) in [5.74, 6) is 1.63. The minimum absolute atomic E-state index is 0.0359. The first-order valence-corrected chi connectivity index (χ1v) is 10.0. The second kappa shape index (κ2) is 7.04. The molecule has 0 bridgehead atoms. The lowest BCUT2D eigenvalue weighted by molar-refractivity contribution is -0.134. The predicted octanol–water partition coefficient (Wildman–Crippen LogP) is 2.67. The molecule has 0 saturated carbocycles. The van der Waals surface area contributed by atoms with Crippen LogP contribution in [0.15, 0.2) is 29.1 Å². The highest BCUT2D eigenvalue weighted by Gasteiger charge is 2.27. The first-order chi connectivity index (χ1) is 13.3. The van der Waals surface area contributed by atoms with Crippen LogP contribution >= 0.6 is 0 Å². The van der Waals surface area contributed by atoms with E-state index in [0.29, 0.717) is 23.3 Å². The van der Waals surface area contributed by atoms with Crippen molar-refractivity contribution in [2.75, 3.05) is 13.1 Å². The van der Waals surface area contributed by atoms with Crippen LogP contribution in [0, 0.1) is 11.8 Å². The van der Waals surface area contributed by atoms with Crippen LogP contribution in [-0.2, 0) is 11.3 Å². The third-order valence-corrected chi connectivity index (χ3v) is 5.47. The summed E-state index contributed by atoms with van der Waals surface area (Å²) in [6.45, 7) is 9.79. The Kier molecular flexibility index (Phi) is 4.69. The van der Waals surface area contributed by atoms with Crippen molar-refractivity contribution in [3.8, 4) is 0 Å². The van der Waals surface area contributed by atoms with E-state index in [-0.39, 0.29) is 24.1 Å².